The van der Waals surface area contributed by atoms with Crippen molar-refractivity contribution >= 4 is 0 Å². The molecule has 1 radical (unpaired) electrons. The quantitative estimate of drug-likeness (QED) is 0.758. The average molecular weight is 205 g/mol. The summed E-state index contributed by atoms with van der Waals surface area (Å²) in [7, 11) is 0. The number of benzene rings is 2. The minimum absolute atomic E-state index is 0.0729. The van der Waals surface area contributed by atoms with Gasteiger partial charge in [-0.15, -0.1) is 0 Å². The van der Waals surface area contributed by atoms with Crippen LogP contribution in [0.3, 0.4) is 0 Å². The molecule has 2 rings (SSSR count). The van der Waals surface area contributed by atoms with Gasteiger partial charge in [-0.1, -0.05) is 6.07 Å². The standard InChI is InChI=1S/C12H7F2O/c13-9-4-5-11(12(14)7-9)8-2-1-3-10(15)6-8/h1-2,4-7,15H. The first-order valence-electron chi connectivity index (χ1n) is 4.33. The zero-order valence-corrected chi connectivity index (χ0v) is 7.67. The van der Waals surface area contributed by atoms with E-state index in [-0.39, 0.29) is 11.3 Å². The maximum atomic E-state index is 13.3. The first-order valence-corrected chi connectivity index (χ1v) is 4.33. The molecule has 3 heteroatoms. The highest BCUT2D eigenvalue weighted by atomic mass is 19.1. The lowest BCUT2D eigenvalue weighted by Crippen LogP contribution is -1.85. The molecule has 0 unspecified atom stereocenters. The van der Waals surface area contributed by atoms with Crippen LogP contribution in [0.2, 0.25) is 0 Å². The molecule has 0 aromatic heterocycles. The molecule has 0 amide bonds. The van der Waals surface area contributed by atoms with Crippen LogP contribution in [0.15, 0.2) is 36.4 Å². The summed E-state index contributed by atoms with van der Waals surface area (Å²) in [4.78, 5) is 0. The Morgan fingerprint density at radius 1 is 1.07 bits per heavy atom. The predicted octanol–water partition coefficient (Wildman–Crippen LogP) is 3.14. The Morgan fingerprint density at radius 2 is 1.87 bits per heavy atom. The molecule has 15 heavy (non-hydrogen) atoms. The second kappa shape index (κ2) is 3.69. The minimum atomic E-state index is -0.652. The first-order chi connectivity index (χ1) is 7.16. The summed E-state index contributed by atoms with van der Waals surface area (Å²) in [5.41, 5.74) is 0.740. The molecular weight excluding hydrogens is 198 g/mol. The largest absolute Gasteiger partial charge is 0.507 e. The van der Waals surface area contributed by atoms with E-state index in [1.165, 1.54) is 24.3 Å². The third-order valence-corrected chi connectivity index (χ3v) is 2.03. The van der Waals surface area contributed by atoms with E-state index >= 15 is 0 Å². The van der Waals surface area contributed by atoms with E-state index < -0.39 is 11.6 Å². The van der Waals surface area contributed by atoms with Gasteiger partial charge in [0.1, 0.15) is 17.4 Å². The van der Waals surface area contributed by atoms with Crippen molar-refractivity contribution in [3.05, 3.63) is 54.1 Å². The second-order valence-corrected chi connectivity index (χ2v) is 3.09. The number of halogens is 2. The molecule has 2 aromatic rings. The van der Waals surface area contributed by atoms with E-state index in [1.54, 1.807) is 6.07 Å². The van der Waals surface area contributed by atoms with E-state index in [4.69, 9.17) is 5.11 Å². The number of rotatable bonds is 1. The highest BCUT2D eigenvalue weighted by Gasteiger charge is 2.06. The van der Waals surface area contributed by atoms with Crippen molar-refractivity contribution in [1.29, 1.82) is 0 Å². The Morgan fingerprint density at radius 3 is 2.53 bits per heavy atom. The molecule has 0 spiro atoms. The number of aromatic hydroxyl groups is 1. The summed E-state index contributed by atoms with van der Waals surface area (Å²) in [5.74, 6) is -1.35. The Bertz CT molecular complexity index is 495. The molecule has 75 valence electrons. The molecule has 0 bridgehead atoms. The van der Waals surface area contributed by atoms with Crippen LogP contribution in [0, 0.1) is 17.7 Å². The smallest absolute Gasteiger partial charge is 0.133 e. The zero-order chi connectivity index (χ0) is 10.8. The molecule has 0 saturated carbocycles. The van der Waals surface area contributed by atoms with Crippen LogP contribution in [-0.4, -0.2) is 5.11 Å². The fourth-order valence-electron chi connectivity index (χ4n) is 1.35. The van der Waals surface area contributed by atoms with Gasteiger partial charge < -0.3 is 5.11 Å². The van der Waals surface area contributed by atoms with Crippen molar-refractivity contribution in [2.75, 3.05) is 0 Å². The van der Waals surface area contributed by atoms with Crippen molar-refractivity contribution in [2.24, 2.45) is 0 Å². The monoisotopic (exact) mass is 205 g/mol. The Hall–Kier alpha value is -1.90. The van der Waals surface area contributed by atoms with Crippen LogP contribution < -0.4 is 0 Å². The molecule has 0 aliphatic carbocycles. The molecule has 1 nitrogen and oxygen atoms in total. The van der Waals surface area contributed by atoms with Gasteiger partial charge >= 0.3 is 0 Å². The average Bonchev–Trinajstić information content (AvgIpc) is 2.17. The molecular formula is C12H7F2O. The topological polar surface area (TPSA) is 20.2 Å². The third kappa shape index (κ3) is 1.96. The third-order valence-electron chi connectivity index (χ3n) is 2.03. The van der Waals surface area contributed by atoms with Crippen molar-refractivity contribution in [3.63, 3.8) is 0 Å². The Balaban J connectivity index is 2.54. The van der Waals surface area contributed by atoms with Crippen molar-refractivity contribution in [2.45, 2.75) is 0 Å². The van der Waals surface area contributed by atoms with Crippen LogP contribution >= 0.6 is 0 Å². The van der Waals surface area contributed by atoms with Gasteiger partial charge in [0.05, 0.1) is 0 Å². The van der Waals surface area contributed by atoms with E-state index in [9.17, 15) is 8.78 Å². The van der Waals surface area contributed by atoms with Crippen LogP contribution in [-0.2, 0) is 0 Å². The van der Waals surface area contributed by atoms with Crippen molar-refractivity contribution < 1.29 is 13.9 Å². The van der Waals surface area contributed by atoms with E-state index in [0.29, 0.717) is 5.56 Å². The summed E-state index contributed by atoms with van der Waals surface area (Å²) in [6.07, 6.45) is 0. The van der Waals surface area contributed by atoms with E-state index in [1.807, 2.05) is 0 Å². The van der Waals surface area contributed by atoms with Crippen molar-refractivity contribution in [1.82, 2.24) is 0 Å². The van der Waals surface area contributed by atoms with Gasteiger partial charge in [-0.05, 0) is 29.8 Å². The molecule has 0 aliphatic heterocycles. The maximum absolute atomic E-state index is 13.3. The van der Waals surface area contributed by atoms with Crippen LogP contribution in [0.25, 0.3) is 11.1 Å². The fraction of sp³-hybridized carbons (Fsp3) is 0. The molecule has 2 aromatic carbocycles. The summed E-state index contributed by atoms with van der Waals surface area (Å²) >= 11 is 0. The van der Waals surface area contributed by atoms with Gasteiger partial charge in [-0.2, -0.15) is 0 Å². The van der Waals surface area contributed by atoms with Crippen LogP contribution in [0.5, 0.6) is 5.75 Å². The number of hydrogen-bond acceptors (Lipinski definition) is 1. The van der Waals surface area contributed by atoms with Crippen LogP contribution in [0.1, 0.15) is 0 Å². The highest BCUT2D eigenvalue weighted by molar-refractivity contribution is 5.65. The van der Waals surface area contributed by atoms with E-state index in [2.05, 4.69) is 6.07 Å². The summed E-state index contributed by atoms with van der Waals surface area (Å²) in [6.45, 7) is 0. The molecule has 0 aliphatic rings. The second-order valence-electron chi connectivity index (χ2n) is 3.09. The fourth-order valence-corrected chi connectivity index (χ4v) is 1.35. The highest BCUT2D eigenvalue weighted by Crippen LogP contribution is 2.25. The maximum Gasteiger partial charge on any atom is 0.133 e. The molecule has 0 fully saturated rings. The Kier molecular flexibility index (Phi) is 2.37. The van der Waals surface area contributed by atoms with E-state index in [0.717, 1.165) is 6.07 Å². The minimum Gasteiger partial charge on any atom is -0.507 e. The number of hydrogen-bond donors (Lipinski definition) is 1. The van der Waals surface area contributed by atoms with Crippen molar-refractivity contribution in [3.8, 4) is 16.9 Å². The van der Waals surface area contributed by atoms with Gasteiger partial charge in [0.2, 0.25) is 0 Å². The number of phenols is 1. The van der Waals surface area contributed by atoms with Gasteiger partial charge in [0.25, 0.3) is 0 Å². The molecule has 0 heterocycles. The Labute approximate surface area is 85.6 Å². The summed E-state index contributed by atoms with van der Waals surface area (Å²) < 4.78 is 26.0. The van der Waals surface area contributed by atoms with Gasteiger partial charge in [-0.25, -0.2) is 8.78 Å². The van der Waals surface area contributed by atoms with Gasteiger partial charge in [0, 0.05) is 17.7 Å². The number of phenolic OH excluding ortho intramolecular Hbond substituents is 1. The van der Waals surface area contributed by atoms with Crippen LogP contribution in [0.4, 0.5) is 8.78 Å². The lowest BCUT2D eigenvalue weighted by atomic mass is 10.0. The van der Waals surface area contributed by atoms with Gasteiger partial charge in [0.15, 0.2) is 0 Å². The molecule has 1 N–H and O–H groups in total. The molecule has 0 atom stereocenters. The zero-order valence-electron chi connectivity index (χ0n) is 7.67. The lowest BCUT2D eigenvalue weighted by molar-refractivity contribution is 0.474. The van der Waals surface area contributed by atoms with Gasteiger partial charge in [-0.3, -0.25) is 0 Å². The normalized spacial score (nSPS) is 10.3. The lowest BCUT2D eigenvalue weighted by Gasteiger charge is -2.03. The predicted molar refractivity (Wildman–Crippen MR) is 52.3 cm³/mol. The molecule has 0 saturated heterocycles. The SMILES string of the molecule is Oc1[c]ccc(-c2ccc(F)cc2F)c1. The first kappa shape index (κ1) is 9.65. The summed E-state index contributed by atoms with van der Waals surface area (Å²) in [5, 5.41) is 9.17. The summed E-state index contributed by atoms with van der Waals surface area (Å²) in [6, 6.07) is 10.3.